The fourth-order valence-corrected chi connectivity index (χ4v) is 1.66. The van der Waals surface area contributed by atoms with Gasteiger partial charge in [0.25, 0.3) is 5.56 Å². The summed E-state index contributed by atoms with van der Waals surface area (Å²) in [5.74, 6) is -0.373. The Hall–Kier alpha value is -1.23. The van der Waals surface area contributed by atoms with Crippen molar-refractivity contribution in [3.63, 3.8) is 0 Å². The Bertz CT molecular complexity index is 425. The Labute approximate surface area is 91.9 Å². The first-order chi connectivity index (χ1) is 7.07. The van der Waals surface area contributed by atoms with Crippen LogP contribution in [0.1, 0.15) is 16.1 Å². The molecule has 0 radical (unpaired) electrons. The van der Waals surface area contributed by atoms with E-state index < -0.39 is 11.5 Å². The van der Waals surface area contributed by atoms with Gasteiger partial charge < -0.3 is 9.67 Å². The number of carbonyl (C=O) groups is 1. The average molecular weight is 227 g/mol. The molecule has 15 heavy (non-hydrogen) atoms. The van der Waals surface area contributed by atoms with Crippen molar-refractivity contribution in [2.75, 3.05) is 12.0 Å². The highest BCUT2D eigenvalue weighted by atomic mass is 32.2. The van der Waals surface area contributed by atoms with E-state index in [2.05, 4.69) is 0 Å². The minimum Gasteiger partial charge on any atom is -0.477 e. The van der Waals surface area contributed by atoms with Gasteiger partial charge in [0.2, 0.25) is 0 Å². The average Bonchev–Trinajstić information content (AvgIpc) is 2.17. The number of carboxylic acid groups (broad SMARTS) is 1. The van der Waals surface area contributed by atoms with Crippen molar-refractivity contribution in [2.45, 2.75) is 13.5 Å². The first kappa shape index (κ1) is 11.8. The summed E-state index contributed by atoms with van der Waals surface area (Å²) >= 11 is 1.62. The second-order valence-corrected chi connectivity index (χ2v) is 4.13. The number of hydrogen-bond donors (Lipinski definition) is 1. The lowest BCUT2D eigenvalue weighted by molar-refractivity contribution is 0.0694. The van der Waals surface area contributed by atoms with Gasteiger partial charge in [0.1, 0.15) is 5.56 Å². The zero-order valence-corrected chi connectivity index (χ0v) is 9.50. The van der Waals surface area contributed by atoms with Crippen molar-refractivity contribution < 1.29 is 9.90 Å². The third kappa shape index (κ3) is 2.62. The number of rotatable bonds is 4. The van der Waals surface area contributed by atoms with Gasteiger partial charge in [-0.25, -0.2) is 4.79 Å². The summed E-state index contributed by atoms with van der Waals surface area (Å²) in [6, 6.07) is 3.01. The molecule has 1 rings (SSSR count). The molecular formula is C10H13NO3S. The number of hydrogen-bond acceptors (Lipinski definition) is 3. The van der Waals surface area contributed by atoms with Gasteiger partial charge in [-0.15, -0.1) is 0 Å². The smallest absolute Gasteiger partial charge is 0.341 e. The second kappa shape index (κ2) is 5.02. The van der Waals surface area contributed by atoms with E-state index in [0.717, 1.165) is 11.4 Å². The number of aromatic nitrogens is 1. The molecule has 0 fully saturated rings. The van der Waals surface area contributed by atoms with Crippen LogP contribution in [-0.2, 0) is 6.54 Å². The lowest BCUT2D eigenvalue weighted by atomic mass is 10.2. The van der Waals surface area contributed by atoms with Crippen molar-refractivity contribution in [2.24, 2.45) is 0 Å². The number of pyridine rings is 1. The molecule has 0 aliphatic carbocycles. The van der Waals surface area contributed by atoms with E-state index in [-0.39, 0.29) is 5.56 Å². The fourth-order valence-electron chi connectivity index (χ4n) is 1.29. The molecule has 5 heteroatoms. The van der Waals surface area contributed by atoms with Gasteiger partial charge in [0.15, 0.2) is 0 Å². The normalized spacial score (nSPS) is 10.3. The Kier molecular flexibility index (Phi) is 3.96. The molecule has 82 valence electrons. The third-order valence-electron chi connectivity index (χ3n) is 2.14. The first-order valence-electron chi connectivity index (χ1n) is 4.50. The molecule has 0 atom stereocenters. The van der Waals surface area contributed by atoms with Gasteiger partial charge in [-0.05, 0) is 25.3 Å². The molecule has 1 aromatic rings. The van der Waals surface area contributed by atoms with E-state index in [0.29, 0.717) is 6.54 Å². The van der Waals surface area contributed by atoms with E-state index in [9.17, 15) is 9.59 Å². The first-order valence-corrected chi connectivity index (χ1v) is 5.90. The molecule has 0 spiro atoms. The maximum absolute atomic E-state index is 11.7. The highest BCUT2D eigenvalue weighted by Gasteiger charge is 2.11. The molecule has 0 aliphatic rings. The molecule has 0 saturated heterocycles. The Morgan fingerprint density at radius 2 is 2.20 bits per heavy atom. The van der Waals surface area contributed by atoms with Crippen LogP contribution >= 0.6 is 11.8 Å². The fraction of sp³-hybridized carbons (Fsp3) is 0.400. The summed E-state index contributed by atoms with van der Waals surface area (Å²) in [5.41, 5.74) is 0.206. The van der Waals surface area contributed by atoms with Crippen molar-refractivity contribution in [3.05, 3.63) is 33.7 Å². The molecular weight excluding hydrogens is 214 g/mol. The Morgan fingerprint density at radius 1 is 1.53 bits per heavy atom. The van der Waals surface area contributed by atoms with E-state index in [1.54, 1.807) is 24.8 Å². The molecule has 0 unspecified atom stereocenters. The predicted molar refractivity (Wildman–Crippen MR) is 60.8 cm³/mol. The van der Waals surface area contributed by atoms with E-state index in [1.165, 1.54) is 10.6 Å². The predicted octanol–water partition coefficient (Wildman–Crippen LogP) is 1.22. The van der Waals surface area contributed by atoms with E-state index >= 15 is 0 Å². The van der Waals surface area contributed by atoms with Crippen LogP contribution in [0, 0.1) is 6.92 Å². The van der Waals surface area contributed by atoms with Gasteiger partial charge in [0.05, 0.1) is 0 Å². The van der Waals surface area contributed by atoms with Gasteiger partial charge >= 0.3 is 5.97 Å². The minimum absolute atomic E-state index is 0.165. The number of aryl methyl sites for hydroxylation is 1. The topological polar surface area (TPSA) is 59.3 Å². The standard InChI is InChI=1S/C10H13NO3S/c1-7-3-4-8(10(13)14)9(12)11(7)5-6-15-2/h3-4H,5-6H2,1-2H3,(H,13,14). The number of thioether (sulfide) groups is 1. The lowest BCUT2D eigenvalue weighted by Crippen LogP contribution is -2.28. The molecule has 1 aromatic heterocycles. The zero-order chi connectivity index (χ0) is 11.4. The Balaban J connectivity index is 3.18. The SMILES string of the molecule is CSCCn1c(C)ccc(C(=O)O)c1=O. The molecule has 0 aromatic carbocycles. The summed E-state index contributed by atoms with van der Waals surface area (Å²) in [5, 5.41) is 8.79. The lowest BCUT2D eigenvalue weighted by Gasteiger charge is -2.09. The van der Waals surface area contributed by atoms with Crippen LogP contribution in [-0.4, -0.2) is 27.7 Å². The molecule has 0 amide bonds. The van der Waals surface area contributed by atoms with Gasteiger partial charge in [-0.1, -0.05) is 0 Å². The summed E-state index contributed by atoms with van der Waals surface area (Å²) in [6.07, 6.45) is 1.95. The van der Waals surface area contributed by atoms with Gasteiger partial charge in [-0.3, -0.25) is 4.79 Å². The summed E-state index contributed by atoms with van der Waals surface area (Å²) in [4.78, 5) is 22.5. The largest absolute Gasteiger partial charge is 0.477 e. The van der Waals surface area contributed by atoms with Crippen LogP contribution in [0.25, 0.3) is 0 Å². The molecule has 4 nitrogen and oxygen atoms in total. The quantitative estimate of drug-likeness (QED) is 0.840. The van der Waals surface area contributed by atoms with Crippen molar-refractivity contribution in [1.29, 1.82) is 0 Å². The number of carboxylic acids is 1. The highest BCUT2D eigenvalue weighted by molar-refractivity contribution is 7.98. The minimum atomic E-state index is -1.17. The van der Waals surface area contributed by atoms with Crippen LogP contribution in [0.5, 0.6) is 0 Å². The van der Waals surface area contributed by atoms with Crippen LogP contribution in [0.4, 0.5) is 0 Å². The van der Waals surface area contributed by atoms with Gasteiger partial charge in [0, 0.05) is 18.0 Å². The van der Waals surface area contributed by atoms with E-state index in [4.69, 9.17) is 5.11 Å². The highest BCUT2D eigenvalue weighted by Crippen LogP contribution is 2.01. The number of nitrogens with zero attached hydrogens (tertiary/aromatic N) is 1. The van der Waals surface area contributed by atoms with Crippen LogP contribution < -0.4 is 5.56 Å². The summed E-state index contributed by atoms with van der Waals surface area (Å²) in [7, 11) is 0. The maximum Gasteiger partial charge on any atom is 0.341 e. The summed E-state index contributed by atoms with van der Waals surface area (Å²) < 4.78 is 1.50. The number of aromatic carboxylic acids is 1. The van der Waals surface area contributed by atoms with Crippen molar-refractivity contribution >= 4 is 17.7 Å². The van der Waals surface area contributed by atoms with Gasteiger partial charge in [-0.2, -0.15) is 11.8 Å². The summed E-state index contributed by atoms with van der Waals surface area (Å²) in [6.45, 7) is 2.35. The molecule has 0 aliphatic heterocycles. The maximum atomic E-state index is 11.7. The Morgan fingerprint density at radius 3 is 2.73 bits per heavy atom. The molecule has 0 bridgehead atoms. The monoisotopic (exact) mass is 227 g/mol. The van der Waals surface area contributed by atoms with Crippen molar-refractivity contribution in [3.8, 4) is 0 Å². The van der Waals surface area contributed by atoms with Crippen LogP contribution in [0.3, 0.4) is 0 Å². The molecule has 0 saturated carbocycles. The second-order valence-electron chi connectivity index (χ2n) is 3.14. The van der Waals surface area contributed by atoms with Crippen molar-refractivity contribution in [1.82, 2.24) is 4.57 Å². The van der Waals surface area contributed by atoms with Crippen LogP contribution in [0.2, 0.25) is 0 Å². The third-order valence-corrected chi connectivity index (χ3v) is 2.73. The van der Waals surface area contributed by atoms with Crippen LogP contribution in [0.15, 0.2) is 16.9 Å². The zero-order valence-electron chi connectivity index (χ0n) is 8.69. The van der Waals surface area contributed by atoms with E-state index in [1.807, 2.05) is 6.26 Å². The molecule has 1 heterocycles. The molecule has 1 N–H and O–H groups in total.